The van der Waals surface area contributed by atoms with Gasteiger partial charge in [-0.1, -0.05) is 11.6 Å². The summed E-state index contributed by atoms with van der Waals surface area (Å²) in [5.41, 5.74) is 4.27. The van der Waals surface area contributed by atoms with Gasteiger partial charge in [-0.2, -0.15) is 5.10 Å². The SMILES string of the molecule is Cc1nc2ccc(Oc3ccc4ncc(-c5cnn(C6CN(CC(F)F)C6)c5)nc4c3Cl)cc2[nH]1. The Morgan fingerprint density at radius 2 is 1.97 bits per heavy atom. The van der Waals surface area contributed by atoms with E-state index in [1.165, 1.54) is 0 Å². The number of aryl methyl sites for hydroxylation is 1. The van der Waals surface area contributed by atoms with E-state index in [0.717, 1.165) is 22.4 Å². The highest BCUT2D eigenvalue weighted by Gasteiger charge is 2.30. The van der Waals surface area contributed by atoms with E-state index in [1.54, 1.807) is 28.0 Å². The van der Waals surface area contributed by atoms with E-state index in [-0.39, 0.29) is 12.6 Å². The van der Waals surface area contributed by atoms with Crippen molar-refractivity contribution in [1.82, 2.24) is 34.6 Å². The first-order valence-corrected chi connectivity index (χ1v) is 11.5. The Bertz CT molecular complexity index is 1540. The number of ether oxygens (including phenoxy) is 1. The number of halogens is 3. The lowest BCUT2D eigenvalue weighted by Crippen LogP contribution is -2.49. The lowest BCUT2D eigenvalue weighted by molar-refractivity contribution is 0.0259. The predicted molar refractivity (Wildman–Crippen MR) is 128 cm³/mol. The number of rotatable bonds is 6. The fourth-order valence-electron chi connectivity index (χ4n) is 4.28. The molecule has 1 fully saturated rings. The second kappa shape index (κ2) is 8.54. The quantitative estimate of drug-likeness (QED) is 0.346. The van der Waals surface area contributed by atoms with Crippen LogP contribution in [0.15, 0.2) is 48.9 Å². The molecular formula is C24H20ClF2N7O. The van der Waals surface area contributed by atoms with Crippen molar-refractivity contribution in [3.8, 4) is 22.8 Å². The van der Waals surface area contributed by atoms with Gasteiger partial charge < -0.3 is 9.72 Å². The third-order valence-electron chi connectivity index (χ3n) is 6.02. The van der Waals surface area contributed by atoms with Gasteiger partial charge in [0, 0.05) is 30.9 Å². The molecule has 0 unspecified atom stereocenters. The number of aromatic amines is 1. The van der Waals surface area contributed by atoms with Crippen molar-refractivity contribution >= 4 is 33.7 Å². The average Bonchev–Trinajstić information content (AvgIpc) is 3.43. The maximum atomic E-state index is 12.5. The minimum atomic E-state index is -2.33. The largest absolute Gasteiger partial charge is 0.456 e. The zero-order valence-electron chi connectivity index (χ0n) is 18.6. The first-order chi connectivity index (χ1) is 16.9. The predicted octanol–water partition coefficient (Wildman–Crippen LogP) is 5.25. The van der Waals surface area contributed by atoms with Crippen molar-refractivity contribution in [2.75, 3.05) is 19.6 Å². The summed E-state index contributed by atoms with van der Waals surface area (Å²) in [5.74, 6) is 1.91. The molecule has 11 heteroatoms. The van der Waals surface area contributed by atoms with Gasteiger partial charge in [-0.05, 0) is 31.2 Å². The van der Waals surface area contributed by atoms with E-state index in [1.807, 2.05) is 37.4 Å². The Morgan fingerprint density at radius 1 is 1.14 bits per heavy atom. The zero-order valence-corrected chi connectivity index (χ0v) is 19.4. The van der Waals surface area contributed by atoms with E-state index < -0.39 is 6.43 Å². The highest BCUT2D eigenvalue weighted by molar-refractivity contribution is 6.36. The number of H-pyrrole nitrogens is 1. The van der Waals surface area contributed by atoms with Crippen molar-refractivity contribution in [1.29, 1.82) is 0 Å². The number of fused-ring (bicyclic) bond motifs is 2. The van der Waals surface area contributed by atoms with Crippen LogP contribution in [0.1, 0.15) is 11.9 Å². The molecule has 2 aromatic carbocycles. The standard InChI is InChI=1S/C24H20ClF2N7O/c1-13-30-17-3-2-16(6-19(17)31-13)35-21-5-4-18-24(23(21)25)32-20(8-28-18)14-7-29-34(9-14)15-10-33(11-15)12-22(26)27/h2-9,15,22H,10-12H2,1H3,(H,30,31). The zero-order chi connectivity index (χ0) is 24.1. The monoisotopic (exact) mass is 495 g/mol. The first-order valence-electron chi connectivity index (χ1n) is 11.1. The average molecular weight is 496 g/mol. The van der Waals surface area contributed by atoms with Crippen LogP contribution in [-0.2, 0) is 0 Å². The van der Waals surface area contributed by atoms with Gasteiger partial charge in [0.15, 0.2) is 0 Å². The Kier molecular flexibility index (Phi) is 5.34. The Labute approximate surface area is 203 Å². The normalized spacial score (nSPS) is 14.8. The Morgan fingerprint density at radius 3 is 2.80 bits per heavy atom. The highest BCUT2D eigenvalue weighted by atomic mass is 35.5. The van der Waals surface area contributed by atoms with Gasteiger partial charge >= 0.3 is 0 Å². The third kappa shape index (κ3) is 4.19. The molecule has 0 aliphatic carbocycles. The van der Waals surface area contributed by atoms with Crippen molar-refractivity contribution in [2.24, 2.45) is 0 Å². The maximum Gasteiger partial charge on any atom is 0.251 e. The van der Waals surface area contributed by atoms with Crippen LogP contribution in [0, 0.1) is 6.92 Å². The number of hydrogen-bond acceptors (Lipinski definition) is 6. The van der Waals surface area contributed by atoms with Gasteiger partial charge in [-0.3, -0.25) is 14.6 Å². The van der Waals surface area contributed by atoms with E-state index in [9.17, 15) is 8.78 Å². The molecule has 35 heavy (non-hydrogen) atoms. The van der Waals surface area contributed by atoms with Crippen LogP contribution in [0.3, 0.4) is 0 Å². The number of nitrogens with zero attached hydrogens (tertiary/aromatic N) is 6. The molecule has 0 radical (unpaired) electrons. The van der Waals surface area contributed by atoms with Crippen molar-refractivity contribution in [3.63, 3.8) is 0 Å². The van der Waals surface area contributed by atoms with Crippen LogP contribution in [-0.4, -0.2) is 60.7 Å². The summed E-state index contributed by atoms with van der Waals surface area (Å²) in [4.78, 5) is 18.5. The van der Waals surface area contributed by atoms with Crippen molar-refractivity contribution in [2.45, 2.75) is 19.4 Å². The summed E-state index contributed by atoms with van der Waals surface area (Å²) in [6.07, 6.45) is 2.89. The second-order valence-electron chi connectivity index (χ2n) is 8.58. The van der Waals surface area contributed by atoms with E-state index >= 15 is 0 Å². The van der Waals surface area contributed by atoms with E-state index in [4.69, 9.17) is 21.3 Å². The molecule has 1 saturated heterocycles. The molecule has 5 aromatic rings. The molecule has 8 nitrogen and oxygen atoms in total. The minimum Gasteiger partial charge on any atom is -0.456 e. The maximum absolute atomic E-state index is 12.5. The molecule has 3 aromatic heterocycles. The lowest BCUT2D eigenvalue weighted by atomic mass is 10.1. The summed E-state index contributed by atoms with van der Waals surface area (Å²) < 4.78 is 32.9. The highest BCUT2D eigenvalue weighted by Crippen LogP contribution is 2.36. The number of imidazole rings is 1. The van der Waals surface area contributed by atoms with Crippen LogP contribution >= 0.6 is 11.6 Å². The molecule has 4 heterocycles. The molecule has 0 spiro atoms. The van der Waals surface area contributed by atoms with Crippen LogP contribution in [0.2, 0.25) is 5.02 Å². The van der Waals surface area contributed by atoms with Gasteiger partial charge in [0.25, 0.3) is 6.43 Å². The summed E-state index contributed by atoms with van der Waals surface area (Å²) >= 11 is 6.68. The molecule has 1 aliphatic heterocycles. The molecule has 0 saturated carbocycles. The molecule has 1 N–H and O–H groups in total. The van der Waals surface area contributed by atoms with Gasteiger partial charge in [-0.25, -0.2) is 18.7 Å². The number of benzene rings is 2. The number of nitrogens with one attached hydrogen (secondary N) is 1. The topological polar surface area (TPSA) is 84.8 Å². The molecular weight excluding hydrogens is 476 g/mol. The van der Waals surface area contributed by atoms with Crippen LogP contribution in [0.4, 0.5) is 8.78 Å². The third-order valence-corrected chi connectivity index (χ3v) is 6.39. The van der Waals surface area contributed by atoms with E-state index in [0.29, 0.717) is 46.3 Å². The summed E-state index contributed by atoms with van der Waals surface area (Å²) in [6, 6.07) is 9.23. The van der Waals surface area contributed by atoms with Gasteiger partial charge in [0.05, 0.1) is 47.2 Å². The summed E-state index contributed by atoms with van der Waals surface area (Å²) in [5, 5.41) is 4.75. The van der Waals surface area contributed by atoms with Gasteiger partial charge in [-0.15, -0.1) is 0 Å². The molecule has 1 aliphatic rings. The molecule has 0 atom stereocenters. The smallest absolute Gasteiger partial charge is 0.251 e. The van der Waals surface area contributed by atoms with Crippen molar-refractivity contribution < 1.29 is 13.5 Å². The van der Waals surface area contributed by atoms with Gasteiger partial charge in [0.1, 0.15) is 27.9 Å². The lowest BCUT2D eigenvalue weighted by Gasteiger charge is -2.38. The Hall–Kier alpha value is -3.63. The Balaban J connectivity index is 1.25. The minimum absolute atomic E-state index is 0.0653. The molecule has 0 amide bonds. The number of alkyl halides is 2. The molecule has 0 bridgehead atoms. The summed E-state index contributed by atoms with van der Waals surface area (Å²) in [7, 11) is 0. The fourth-order valence-corrected chi connectivity index (χ4v) is 4.52. The number of hydrogen-bond donors (Lipinski definition) is 1. The summed E-state index contributed by atoms with van der Waals surface area (Å²) in [6.45, 7) is 2.78. The first kappa shape index (κ1) is 21.9. The van der Waals surface area contributed by atoms with Crippen LogP contribution < -0.4 is 4.74 Å². The van der Waals surface area contributed by atoms with Crippen LogP contribution in [0.25, 0.3) is 33.3 Å². The molecule has 178 valence electrons. The second-order valence-corrected chi connectivity index (χ2v) is 8.95. The fraction of sp³-hybridized carbons (Fsp3) is 0.250. The van der Waals surface area contributed by atoms with Crippen molar-refractivity contribution in [3.05, 3.63) is 59.8 Å². The van der Waals surface area contributed by atoms with Gasteiger partial charge in [0.2, 0.25) is 0 Å². The molecule has 6 rings (SSSR count). The number of likely N-dealkylation sites (tertiary alicyclic amines) is 1. The van der Waals surface area contributed by atoms with Crippen LogP contribution in [0.5, 0.6) is 11.5 Å². The number of aromatic nitrogens is 6. The van der Waals surface area contributed by atoms with E-state index in [2.05, 4.69) is 20.1 Å².